The molecule has 0 radical (unpaired) electrons. The number of hydrogen-bond acceptors (Lipinski definition) is 4. The standard InChI is InChI=1S/C19H20N4O2S/c1-2-23-17(21-22-19(23)26)12-13-20-18(24)14-8-10-16(11-9-14)25-15-6-4-3-5-7-15/h3-11H,2,12-13H2,1H3,(H,20,24)(H,22,26). The van der Waals surface area contributed by atoms with Gasteiger partial charge in [-0.3, -0.25) is 9.89 Å². The van der Waals surface area contributed by atoms with Crippen LogP contribution in [-0.4, -0.2) is 27.2 Å². The van der Waals surface area contributed by atoms with Crippen LogP contribution in [0, 0.1) is 4.77 Å². The molecule has 0 aliphatic rings. The lowest BCUT2D eigenvalue weighted by molar-refractivity contribution is 0.0954. The fourth-order valence-corrected chi connectivity index (χ4v) is 2.84. The van der Waals surface area contributed by atoms with Crippen LogP contribution in [0.15, 0.2) is 54.6 Å². The van der Waals surface area contributed by atoms with Gasteiger partial charge in [0.1, 0.15) is 17.3 Å². The Morgan fingerprint density at radius 3 is 2.54 bits per heavy atom. The molecule has 1 amide bonds. The smallest absolute Gasteiger partial charge is 0.251 e. The minimum absolute atomic E-state index is 0.131. The number of aromatic amines is 1. The first-order valence-electron chi connectivity index (χ1n) is 8.42. The number of carbonyl (C=O) groups is 1. The number of aromatic nitrogens is 3. The van der Waals surface area contributed by atoms with Gasteiger partial charge in [0.2, 0.25) is 0 Å². The lowest BCUT2D eigenvalue weighted by atomic mass is 10.2. The molecule has 0 saturated carbocycles. The van der Waals surface area contributed by atoms with Crippen LogP contribution >= 0.6 is 12.2 Å². The van der Waals surface area contributed by atoms with Gasteiger partial charge in [0.15, 0.2) is 4.77 Å². The number of ether oxygens (including phenoxy) is 1. The quantitative estimate of drug-likeness (QED) is 0.624. The number of benzene rings is 2. The molecule has 1 heterocycles. The number of nitrogens with zero attached hydrogens (tertiary/aromatic N) is 2. The summed E-state index contributed by atoms with van der Waals surface area (Å²) in [5, 5.41) is 9.86. The molecule has 6 nitrogen and oxygen atoms in total. The number of amides is 1. The van der Waals surface area contributed by atoms with E-state index in [0.29, 0.717) is 29.0 Å². The molecule has 0 saturated heterocycles. The van der Waals surface area contributed by atoms with E-state index in [4.69, 9.17) is 17.0 Å². The van der Waals surface area contributed by atoms with Crippen molar-refractivity contribution >= 4 is 18.1 Å². The highest BCUT2D eigenvalue weighted by Crippen LogP contribution is 2.21. The van der Waals surface area contributed by atoms with Crippen LogP contribution in [-0.2, 0) is 13.0 Å². The number of nitrogens with one attached hydrogen (secondary N) is 2. The van der Waals surface area contributed by atoms with Gasteiger partial charge in [-0.1, -0.05) is 18.2 Å². The van der Waals surface area contributed by atoms with Gasteiger partial charge in [-0.25, -0.2) is 0 Å². The number of carbonyl (C=O) groups excluding carboxylic acids is 1. The van der Waals surface area contributed by atoms with Crippen LogP contribution in [0.5, 0.6) is 11.5 Å². The van der Waals surface area contributed by atoms with Crippen LogP contribution in [0.4, 0.5) is 0 Å². The number of H-pyrrole nitrogens is 1. The van der Waals surface area contributed by atoms with E-state index in [2.05, 4.69) is 15.5 Å². The molecule has 26 heavy (non-hydrogen) atoms. The van der Waals surface area contributed by atoms with E-state index in [1.165, 1.54) is 0 Å². The number of rotatable bonds is 7. The van der Waals surface area contributed by atoms with E-state index in [1.807, 2.05) is 41.8 Å². The Morgan fingerprint density at radius 1 is 1.15 bits per heavy atom. The third-order valence-corrected chi connectivity index (χ3v) is 4.19. The van der Waals surface area contributed by atoms with Gasteiger partial charge in [0, 0.05) is 25.1 Å². The summed E-state index contributed by atoms with van der Waals surface area (Å²) in [6, 6.07) is 16.6. The van der Waals surface area contributed by atoms with E-state index >= 15 is 0 Å². The maximum Gasteiger partial charge on any atom is 0.251 e. The van der Waals surface area contributed by atoms with E-state index in [-0.39, 0.29) is 5.91 Å². The van der Waals surface area contributed by atoms with E-state index in [1.54, 1.807) is 24.3 Å². The molecule has 3 aromatic rings. The highest BCUT2D eigenvalue weighted by molar-refractivity contribution is 7.71. The second-order valence-corrected chi connectivity index (χ2v) is 6.02. The van der Waals surface area contributed by atoms with Crippen LogP contribution in [0.25, 0.3) is 0 Å². The van der Waals surface area contributed by atoms with Gasteiger partial charge >= 0.3 is 0 Å². The molecule has 2 N–H and O–H groups in total. The Morgan fingerprint density at radius 2 is 1.85 bits per heavy atom. The topological polar surface area (TPSA) is 71.9 Å². The van der Waals surface area contributed by atoms with Gasteiger partial charge in [0.05, 0.1) is 0 Å². The molecule has 2 aromatic carbocycles. The first-order valence-corrected chi connectivity index (χ1v) is 8.83. The first kappa shape index (κ1) is 17.9. The molecule has 0 fully saturated rings. The normalized spacial score (nSPS) is 10.5. The van der Waals surface area contributed by atoms with Crippen LogP contribution < -0.4 is 10.1 Å². The highest BCUT2D eigenvalue weighted by atomic mass is 32.1. The van der Waals surface area contributed by atoms with Crippen molar-refractivity contribution in [3.63, 3.8) is 0 Å². The van der Waals surface area contributed by atoms with Crippen molar-refractivity contribution in [3.05, 3.63) is 70.8 Å². The van der Waals surface area contributed by atoms with Crippen LogP contribution in [0.1, 0.15) is 23.1 Å². The predicted molar refractivity (Wildman–Crippen MR) is 102 cm³/mol. The largest absolute Gasteiger partial charge is 0.457 e. The van der Waals surface area contributed by atoms with Crippen molar-refractivity contribution in [2.75, 3.05) is 6.54 Å². The Labute approximate surface area is 156 Å². The summed E-state index contributed by atoms with van der Waals surface area (Å²) in [5.41, 5.74) is 0.583. The SMILES string of the molecule is CCn1c(CCNC(=O)c2ccc(Oc3ccccc3)cc2)n[nH]c1=S. The zero-order valence-electron chi connectivity index (χ0n) is 14.4. The summed E-state index contributed by atoms with van der Waals surface area (Å²) < 4.78 is 8.24. The minimum atomic E-state index is -0.131. The van der Waals surface area contributed by atoms with Crippen molar-refractivity contribution in [2.24, 2.45) is 0 Å². The Balaban J connectivity index is 1.54. The van der Waals surface area contributed by atoms with E-state index < -0.39 is 0 Å². The average Bonchev–Trinajstić information content (AvgIpc) is 3.02. The zero-order valence-corrected chi connectivity index (χ0v) is 15.3. The molecule has 0 bridgehead atoms. The molecule has 1 aromatic heterocycles. The molecule has 0 atom stereocenters. The molecular formula is C19H20N4O2S. The molecule has 3 rings (SSSR count). The average molecular weight is 368 g/mol. The molecular weight excluding hydrogens is 348 g/mol. The minimum Gasteiger partial charge on any atom is -0.457 e. The monoisotopic (exact) mass is 368 g/mol. The summed E-state index contributed by atoms with van der Waals surface area (Å²) in [5.74, 6) is 2.15. The van der Waals surface area contributed by atoms with Crippen molar-refractivity contribution in [2.45, 2.75) is 19.9 Å². The number of para-hydroxylation sites is 1. The van der Waals surface area contributed by atoms with Crippen LogP contribution in [0.2, 0.25) is 0 Å². The zero-order chi connectivity index (χ0) is 18.4. The van der Waals surface area contributed by atoms with Crippen molar-refractivity contribution in [3.8, 4) is 11.5 Å². The summed E-state index contributed by atoms with van der Waals surface area (Å²) >= 11 is 5.16. The number of hydrogen-bond donors (Lipinski definition) is 2. The second-order valence-electron chi connectivity index (χ2n) is 5.63. The fraction of sp³-hybridized carbons (Fsp3) is 0.211. The third kappa shape index (κ3) is 4.37. The molecule has 0 spiro atoms. The molecule has 134 valence electrons. The maximum atomic E-state index is 12.3. The van der Waals surface area contributed by atoms with Crippen molar-refractivity contribution < 1.29 is 9.53 Å². The summed E-state index contributed by atoms with van der Waals surface area (Å²) in [7, 11) is 0. The van der Waals surface area contributed by atoms with E-state index in [9.17, 15) is 4.79 Å². The molecule has 7 heteroatoms. The summed E-state index contributed by atoms with van der Waals surface area (Å²) in [6.45, 7) is 3.24. The Kier molecular flexibility index (Phi) is 5.80. The fourth-order valence-electron chi connectivity index (χ4n) is 2.56. The van der Waals surface area contributed by atoms with Gasteiger partial charge in [-0.15, -0.1) is 0 Å². The third-order valence-electron chi connectivity index (χ3n) is 3.88. The van der Waals surface area contributed by atoms with Gasteiger partial charge in [-0.2, -0.15) is 5.10 Å². The van der Waals surface area contributed by atoms with Crippen molar-refractivity contribution in [1.82, 2.24) is 20.1 Å². The lowest BCUT2D eigenvalue weighted by Crippen LogP contribution is -2.26. The summed E-state index contributed by atoms with van der Waals surface area (Å²) in [4.78, 5) is 12.3. The Bertz CT molecular complexity index is 917. The van der Waals surface area contributed by atoms with Gasteiger partial charge < -0.3 is 14.6 Å². The van der Waals surface area contributed by atoms with Gasteiger partial charge in [-0.05, 0) is 55.5 Å². The lowest BCUT2D eigenvalue weighted by Gasteiger charge is -2.08. The molecule has 0 unspecified atom stereocenters. The summed E-state index contributed by atoms with van der Waals surface area (Å²) in [6.07, 6.45) is 0.613. The van der Waals surface area contributed by atoms with E-state index in [0.717, 1.165) is 18.1 Å². The van der Waals surface area contributed by atoms with Crippen LogP contribution in [0.3, 0.4) is 0 Å². The first-order chi connectivity index (χ1) is 12.7. The second kappa shape index (κ2) is 8.44. The maximum absolute atomic E-state index is 12.3. The molecule has 0 aliphatic carbocycles. The highest BCUT2D eigenvalue weighted by Gasteiger charge is 2.08. The van der Waals surface area contributed by atoms with Gasteiger partial charge in [0.25, 0.3) is 5.91 Å². The Hall–Kier alpha value is -2.93. The predicted octanol–water partition coefficient (Wildman–Crippen LogP) is 3.73. The van der Waals surface area contributed by atoms with Crippen molar-refractivity contribution in [1.29, 1.82) is 0 Å². The molecule has 0 aliphatic heterocycles.